The van der Waals surface area contributed by atoms with Crippen LogP contribution in [-0.2, 0) is 0 Å². The molecule has 2 heteroatoms. The molecule has 13 heavy (non-hydrogen) atoms. The van der Waals surface area contributed by atoms with Gasteiger partial charge in [0.2, 0.25) is 0 Å². The average Bonchev–Trinajstić information content (AvgIpc) is 2.18. The predicted molar refractivity (Wildman–Crippen MR) is 54.7 cm³/mol. The van der Waals surface area contributed by atoms with Crippen LogP contribution in [0.1, 0.15) is 18.5 Å². The Balaban J connectivity index is 2.73. The van der Waals surface area contributed by atoms with E-state index in [9.17, 15) is 0 Å². The number of ether oxygens (including phenoxy) is 1. The maximum Gasteiger partial charge on any atom is 0.118 e. The molecule has 0 saturated carbocycles. The molecular weight excluding hydrogens is 162 g/mol. The molecular formula is C11H15NO. The summed E-state index contributed by atoms with van der Waals surface area (Å²) in [5.41, 5.74) is 1.22. The van der Waals surface area contributed by atoms with Crippen molar-refractivity contribution in [3.8, 4) is 5.75 Å². The summed E-state index contributed by atoms with van der Waals surface area (Å²) in [5, 5.41) is 3.12. The Morgan fingerprint density at radius 3 is 2.46 bits per heavy atom. The molecule has 70 valence electrons. The van der Waals surface area contributed by atoms with E-state index in [1.807, 2.05) is 24.3 Å². The van der Waals surface area contributed by atoms with Gasteiger partial charge in [-0.25, -0.2) is 0 Å². The zero-order chi connectivity index (χ0) is 9.68. The second-order valence-corrected chi connectivity index (χ2v) is 2.87. The van der Waals surface area contributed by atoms with Crippen LogP contribution in [0.25, 0.3) is 0 Å². The molecule has 1 aromatic carbocycles. The molecule has 1 aromatic rings. The Bertz CT molecular complexity index is 266. The van der Waals surface area contributed by atoms with Gasteiger partial charge in [-0.15, -0.1) is 0 Å². The van der Waals surface area contributed by atoms with E-state index in [1.165, 1.54) is 5.56 Å². The quantitative estimate of drug-likeness (QED) is 0.763. The van der Waals surface area contributed by atoms with Crippen LogP contribution >= 0.6 is 0 Å². The van der Waals surface area contributed by atoms with E-state index in [0.717, 1.165) is 5.75 Å². The van der Waals surface area contributed by atoms with E-state index >= 15 is 0 Å². The normalized spacial score (nSPS) is 11.8. The van der Waals surface area contributed by atoms with Gasteiger partial charge in [0.15, 0.2) is 0 Å². The SMILES string of the molecule is C=CNC(C)c1ccc(OC)cc1. The van der Waals surface area contributed by atoms with Crippen molar-refractivity contribution in [2.24, 2.45) is 0 Å². The third kappa shape index (κ3) is 2.51. The summed E-state index contributed by atoms with van der Waals surface area (Å²) >= 11 is 0. The van der Waals surface area contributed by atoms with Crippen LogP contribution in [0.5, 0.6) is 5.75 Å². The minimum atomic E-state index is 0.295. The molecule has 0 saturated heterocycles. The average molecular weight is 177 g/mol. The first-order chi connectivity index (χ1) is 6.27. The first kappa shape index (κ1) is 9.65. The highest BCUT2D eigenvalue weighted by Gasteiger charge is 2.01. The van der Waals surface area contributed by atoms with Crippen LogP contribution in [0.15, 0.2) is 37.0 Å². The minimum Gasteiger partial charge on any atom is -0.497 e. The fourth-order valence-corrected chi connectivity index (χ4v) is 1.17. The molecule has 0 spiro atoms. The van der Waals surface area contributed by atoms with Crippen LogP contribution in [0.3, 0.4) is 0 Å². The molecule has 0 aliphatic heterocycles. The largest absolute Gasteiger partial charge is 0.497 e. The van der Waals surface area contributed by atoms with Crippen molar-refractivity contribution in [2.45, 2.75) is 13.0 Å². The van der Waals surface area contributed by atoms with Crippen LogP contribution in [-0.4, -0.2) is 7.11 Å². The van der Waals surface area contributed by atoms with Crippen LogP contribution in [0.2, 0.25) is 0 Å². The van der Waals surface area contributed by atoms with Crippen molar-refractivity contribution < 1.29 is 4.74 Å². The van der Waals surface area contributed by atoms with Gasteiger partial charge in [-0.05, 0) is 30.8 Å². The van der Waals surface area contributed by atoms with Crippen LogP contribution in [0.4, 0.5) is 0 Å². The van der Waals surface area contributed by atoms with E-state index in [-0.39, 0.29) is 0 Å². The minimum absolute atomic E-state index is 0.295. The molecule has 0 fully saturated rings. The van der Waals surface area contributed by atoms with Gasteiger partial charge in [-0.3, -0.25) is 0 Å². The van der Waals surface area contributed by atoms with Crippen LogP contribution < -0.4 is 10.1 Å². The number of hydrogen-bond donors (Lipinski definition) is 1. The Labute approximate surface area is 79.2 Å². The Kier molecular flexibility index (Phi) is 3.38. The molecule has 0 aliphatic carbocycles. The standard InChI is InChI=1S/C11H15NO/c1-4-12-9(2)10-5-7-11(13-3)8-6-10/h4-9,12H,1H2,2-3H3. The number of rotatable bonds is 4. The molecule has 1 N–H and O–H groups in total. The van der Waals surface area contributed by atoms with Gasteiger partial charge < -0.3 is 10.1 Å². The molecule has 2 nitrogen and oxygen atoms in total. The second-order valence-electron chi connectivity index (χ2n) is 2.87. The molecule has 0 radical (unpaired) electrons. The van der Waals surface area contributed by atoms with Gasteiger partial charge in [0.1, 0.15) is 5.75 Å². The fraction of sp³-hybridized carbons (Fsp3) is 0.273. The third-order valence-electron chi connectivity index (χ3n) is 1.98. The van der Waals surface area contributed by atoms with Gasteiger partial charge in [0.25, 0.3) is 0 Å². The summed E-state index contributed by atoms with van der Waals surface area (Å²) in [6.45, 7) is 5.71. The van der Waals surface area contributed by atoms with Crippen molar-refractivity contribution in [2.75, 3.05) is 7.11 Å². The van der Waals surface area contributed by atoms with E-state index < -0.39 is 0 Å². The molecule has 0 heterocycles. The van der Waals surface area contributed by atoms with E-state index in [1.54, 1.807) is 13.3 Å². The van der Waals surface area contributed by atoms with Gasteiger partial charge in [-0.1, -0.05) is 18.7 Å². The summed E-state index contributed by atoms with van der Waals surface area (Å²) in [5.74, 6) is 0.884. The summed E-state index contributed by atoms with van der Waals surface area (Å²) < 4.78 is 5.07. The maximum absolute atomic E-state index is 5.07. The molecule has 1 unspecified atom stereocenters. The van der Waals surface area contributed by atoms with Crippen molar-refractivity contribution in [1.82, 2.24) is 5.32 Å². The van der Waals surface area contributed by atoms with Gasteiger partial charge >= 0.3 is 0 Å². The zero-order valence-corrected chi connectivity index (χ0v) is 8.08. The predicted octanol–water partition coefficient (Wildman–Crippen LogP) is 2.49. The lowest BCUT2D eigenvalue weighted by atomic mass is 10.1. The number of benzene rings is 1. The van der Waals surface area contributed by atoms with Crippen molar-refractivity contribution in [3.05, 3.63) is 42.6 Å². The smallest absolute Gasteiger partial charge is 0.118 e. The monoisotopic (exact) mass is 177 g/mol. The number of nitrogens with one attached hydrogen (secondary N) is 1. The molecule has 0 bridgehead atoms. The molecule has 0 amide bonds. The number of methoxy groups -OCH3 is 1. The maximum atomic E-state index is 5.07. The first-order valence-electron chi connectivity index (χ1n) is 4.29. The highest BCUT2D eigenvalue weighted by molar-refractivity contribution is 5.28. The number of hydrogen-bond acceptors (Lipinski definition) is 2. The van der Waals surface area contributed by atoms with Gasteiger partial charge in [0.05, 0.1) is 7.11 Å². The molecule has 0 aromatic heterocycles. The lowest BCUT2D eigenvalue weighted by Gasteiger charge is -2.11. The Morgan fingerprint density at radius 2 is 2.00 bits per heavy atom. The lowest BCUT2D eigenvalue weighted by molar-refractivity contribution is 0.414. The van der Waals surface area contributed by atoms with Crippen LogP contribution in [0, 0.1) is 0 Å². The van der Waals surface area contributed by atoms with E-state index in [4.69, 9.17) is 4.74 Å². The second kappa shape index (κ2) is 4.55. The highest BCUT2D eigenvalue weighted by atomic mass is 16.5. The summed E-state index contributed by atoms with van der Waals surface area (Å²) in [6, 6.07) is 8.29. The van der Waals surface area contributed by atoms with E-state index in [2.05, 4.69) is 18.8 Å². The van der Waals surface area contributed by atoms with E-state index in [0.29, 0.717) is 6.04 Å². The topological polar surface area (TPSA) is 21.3 Å². The Hall–Kier alpha value is -1.44. The highest BCUT2D eigenvalue weighted by Crippen LogP contribution is 2.16. The summed E-state index contributed by atoms with van der Waals surface area (Å²) in [7, 11) is 1.67. The molecule has 1 rings (SSSR count). The van der Waals surface area contributed by atoms with Crippen molar-refractivity contribution in [3.63, 3.8) is 0 Å². The van der Waals surface area contributed by atoms with Gasteiger partial charge in [0, 0.05) is 6.04 Å². The molecule has 0 aliphatic rings. The van der Waals surface area contributed by atoms with Crippen molar-refractivity contribution in [1.29, 1.82) is 0 Å². The third-order valence-corrected chi connectivity index (χ3v) is 1.98. The van der Waals surface area contributed by atoms with Gasteiger partial charge in [-0.2, -0.15) is 0 Å². The lowest BCUT2D eigenvalue weighted by Crippen LogP contribution is -2.10. The Morgan fingerprint density at radius 1 is 1.38 bits per heavy atom. The summed E-state index contributed by atoms with van der Waals surface area (Å²) in [6.07, 6.45) is 1.70. The first-order valence-corrected chi connectivity index (χ1v) is 4.29. The zero-order valence-electron chi connectivity index (χ0n) is 8.08. The fourth-order valence-electron chi connectivity index (χ4n) is 1.17. The van der Waals surface area contributed by atoms with Crippen molar-refractivity contribution >= 4 is 0 Å². The molecule has 1 atom stereocenters. The summed E-state index contributed by atoms with van der Waals surface area (Å²) in [4.78, 5) is 0.